The van der Waals surface area contributed by atoms with E-state index in [9.17, 15) is 19.5 Å². The molecule has 2 aromatic heterocycles. The molecule has 0 aliphatic heterocycles. The van der Waals surface area contributed by atoms with Crippen molar-refractivity contribution in [3.05, 3.63) is 52.1 Å². The molecule has 0 saturated heterocycles. The number of hydrogen-bond acceptors (Lipinski definition) is 10. The number of carbonyl (C=O) groups is 3. The Morgan fingerprint density at radius 2 is 1.89 bits per heavy atom. The van der Waals surface area contributed by atoms with E-state index in [-0.39, 0.29) is 30.1 Å². The van der Waals surface area contributed by atoms with Gasteiger partial charge in [-0.05, 0) is 49.3 Å². The molecular weight excluding hydrogens is 476 g/mol. The summed E-state index contributed by atoms with van der Waals surface area (Å²) in [5, 5.41) is 15.0. The molecule has 1 aromatic carbocycles. The summed E-state index contributed by atoms with van der Waals surface area (Å²) in [4.78, 5) is 58.9. The zero-order valence-corrected chi connectivity index (χ0v) is 19.5. The first-order valence-corrected chi connectivity index (χ1v) is 11.1. The molecule has 1 atom stereocenters. The summed E-state index contributed by atoms with van der Waals surface area (Å²) in [5.41, 5.74) is 11.0. The molecule has 35 heavy (non-hydrogen) atoms. The summed E-state index contributed by atoms with van der Waals surface area (Å²) in [6.45, 7) is 0.282. The lowest BCUT2D eigenvalue weighted by molar-refractivity contribution is -0.139. The van der Waals surface area contributed by atoms with Crippen LogP contribution in [0.5, 0.6) is 0 Å². The first-order valence-electron chi connectivity index (χ1n) is 10.4. The maximum absolute atomic E-state index is 12.4. The van der Waals surface area contributed by atoms with Crippen molar-refractivity contribution in [2.24, 2.45) is 5.73 Å². The first kappa shape index (κ1) is 27.0. The highest BCUT2D eigenvalue weighted by Gasteiger charge is 2.20. The van der Waals surface area contributed by atoms with Crippen LogP contribution in [0.25, 0.3) is 11.2 Å². The Morgan fingerprint density at radius 1 is 1.20 bits per heavy atom. The number of nitrogens with zero attached hydrogens (tertiary/aromatic N) is 3. The predicted octanol–water partition coefficient (Wildman–Crippen LogP) is 0.292. The van der Waals surface area contributed by atoms with Gasteiger partial charge in [-0.3, -0.25) is 19.4 Å². The van der Waals surface area contributed by atoms with Crippen LogP contribution in [0.3, 0.4) is 0 Å². The van der Waals surface area contributed by atoms with Crippen molar-refractivity contribution in [1.82, 2.24) is 25.3 Å². The lowest BCUT2D eigenvalue weighted by Crippen LogP contribution is -2.40. The van der Waals surface area contributed by atoms with Crippen molar-refractivity contribution in [3.63, 3.8) is 0 Å². The van der Waals surface area contributed by atoms with E-state index in [1.807, 2.05) is 0 Å². The van der Waals surface area contributed by atoms with Crippen LogP contribution in [0.4, 0.5) is 11.6 Å². The van der Waals surface area contributed by atoms with Gasteiger partial charge in [0.05, 0.1) is 18.4 Å². The topological polar surface area (TPSA) is 219 Å². The van der Waals surface area contributed by atoms with Crippen molar-refractivity contribution in [1.29, 1.82) is 0 Å². The lowest BCUT2D eigenvalue weighted by Gasteiger charge is -2.14. The molecule has 13 nitrogen and oxygen atoms in total. The SMILES string of the molecule is NC=O.Nc1nc2ncc(CNc3ccc(C(=O)NC(CCCCS)C(=O)O)cc3)nc2c(=O)[nH]1. The molecule has 8 N–H and O–H groups in total. The molecular formula is C21H26N8O5S. The van der Waals surface area contributed by atoms with Crippen LogP contribution >= 0.6 is 12.6 Å². The van der Waals surface area contributed by atoms with E-state index in [1.54, 1.807) is 24.3 Å². The highest BCUT2D eigenvalue weighted by Crippen LogP contribution is 2.12. The smallest absolute Gasteiger partial charge is 0.326 e. The number of carboxylic acid groups (broad SMARTS) is 1. The number of H-pyrrole nitrogens is 1. The highest BCUT2D eigenvalue weighted by molar-refractivity contribution is 7.80. The van der Waals surface area contributed by atoms with Gasteiger partial charge in [0.2, 0.25) is 12.4 Å². The number of fused-ring (bicyclic) bond motifs is 1. The predicted molar refractivity (Wildman–Crippen MR) is 133 cm³/mol. The molecule has 0 saturated carbocycles. The second-order valence-corrected chi connectivity index (χ2v) is 7.58. The lowest BCUT2D eigenvalue weighted by atomic mass is 10.1. The number of rotatable bonds is 10. The monoisotopic (exact) mass is 502 g/mol. The van der Waals surface area contributed by atoms with E-state index >= 15 is 0 Å². The molecule has 0 radical (unpaired) electrons. The fraction of sp³-hybridized carbons (Fsp3) is 0.286. The Morgan fingerprint density at radius 3 is 2.51 bits per heavy atom. The quantitative estimate of drug-likeness (QED) is 0.114. The molecule has 0 aliphatic carbocycles. The van der Waals surface area contributed by atoms with Gasteiger partial charge in [0, 0.05) is 11.3 Å². The van der Waals surface area contributed by atoms with Crippen LogP contribution in [-0.4, -0.2) is 55.1 Å². The molecule has 2 amide bonds. The van der Waals surface area contributed by atoms with Crippen molar-refractivity contribution in [2.45, 2.75) is 31.8 Å². The average molecular weight is 503 g/mol. The fourth-order valence-corrected chi connectivity index (χ4v) is 3.17. The Kier molecular flexibility index (Phi) is 10.4. The molecule has 3 rings (SSSR count). The van der Waals surface area contributed by atoms with E-state index in [0.29, 0.717) is 35.5 Å². The normalized spacial score (nSPS) is 11.1. The summed E-state index contributed by atoms with van der Waals surface area (Å²) in [6.07, 6.45) is 3.53. The van der Waals surface area contributed by atoms with Gasteiger partial charge >= 0.3 is 5.97 Å². The van der Waals surface area contributed by atoms with Gasteiger partial charge in [-0.1, -0.05) is 0 Å². The van der Waals surface area contributed by atoms with Gasteiger partial charge in [0.15, 0.2) is 11.2 Å². The number of amides is 2. The minimum atomic E-state index is -1.07. The second-order valence-electron chi connectivity index (χ2n) is 7.14. The third-order valence-electron chi connectivity index (χ3n) is 4.61. The third-order valence-corrected chi connectivity index (χ3v) is 4.93. The van der Waals surface area contributed by atoms with Crippen molar-refractivity contribution < 1.29 is 19.5 Å². The second kappa shape index (κ2) is 13.5. The third kappa shape index (κ3) is 8.26. The summed E-state index contributed by atoms with van der Waals surface area (Å²) in [5.74, 6) is -0.883. The molecule has 1 unspecified atom stereocenters. The van der Waals surface area contributed by atoms with Crippen LogP contribution in [0.1, 0.15) is 35.3 Å². The molecule has 0 aliphatic rings. The number of benzene rings is 1. The van der Waals surface area contributed by atoms with Crippen LogP contribution in [-0.2, 0) is 16.1 Å². The largest absolute Gasteiger partial charge is 0.480 e. The number of aliphatic carboxylic acids is 1. The van der Waals surface area contributed by atoms with Gasteiger partial charge in [-0.25, -0.2) is 14.8 Å². The standard InChI is InChI=1S/C20H23N7O4S.CH3NO/c21-20-26-16-15(18(29)27-20)24-13(10-23-16)9-22-12-6-4-11(5-7-12)17(28)25-14(19(30)31)3-1-2-8-32;2-1-3/h4-7,10,14,22,32H,1-3,8-9H2,(H,25,28)(H,30,31)(H3,21,23,26,27,29);1H,(H2,2,3). The number of nitrogens with two attached hydrogens (primary N) is 2. The van der Waals surface area contributed by atoms with Gasteiger partial charge in [0.25, 0.3) is 11.5 Å². The van der Waals surface area contributed by atoms with E-state index in [4.69, 9.17) is 10.5 Å². The van der Waals surface area contributed by atoms with Crippen molar-refractivity contribution in [2.75, 3.05) is 16.8 Å². The molecule has 0 fully saturated rings. The average Bonchev–Trinajstić information content (AvgIpc) is 2.83. The Hall–Kier alpha value is -4.20. The Labute approximate surface area is 205 Å². The maximum atomic E-state index is 12.4. The number of anilines is 2. The van der Waals surface area contributed by atoms with Crippen LogP contribution in [0.15, 0.2) is 35.3 Å². The molecule has 3 aromatic rings. The minimum absolute atomic E-state index is 0.0286. The van der Waals surface area contributed by atoms with Crippen molar-refractivity contribution >= 4 is 53.7 Å². The van der Waals surface area contributed by atoms with Crippen molar-refractivity contribution in [3.8, 4) is 0 Å². The summed E-state index contributed by atoms with van der Waals surface area (Å²) < 4.78 is 0. The Balaban J connectivity index is 0.00000137. The van der Waals surface area contributed by atoms with E-state index < -0.39 is 23.5 Å². The van der Waals surface area contributed by atoms with Gasteiger partial charge < -0.3 is 27.2 Å². The highest BCUT2D eigenvalue weighted by atomic mass is 32.1. The van der Waals surface area contributed by atoms with E-state index in [2.05, 4.69) is 48.9 Å². The summed E-state index contributed by atoms with van der Waals surface area (Å²) in [7, 11) is 0. The molecule has 14 heteroatoms. The number of carbonyl (C=O) groups excluding carboxylic acids is 2. The molecule has 186 valence electrons. The summed E-state index contributed by atoms with van der Waals surface area (Å²) in [6, 6.07) is 5.62. The number of nitrogen functional groups attached to an aromatic ring is 1. The number of primary amides is 1. The number of carboxylic acids is 1. The van der Waals surface area contributed by atoms with Gasteiger partial charge in [-0.15, -0.1) is 0 Å². The number of unbranched alkanes of at least 4 members (excludes halogenated alkanes) is 1. The number of hydrogen-bond donors (Lipinski definition) is 7. The van der Waals surface area contributed by atoms with Gasteiger partial charge in [0.1, 0.15) is 6.04 Å². The number of nitrogens with one attached hydrogen (secondary N) is 3. The number of aromatic amines is 1. The van der Waals surface area contributed by atoms with Crippen LogP contribution < -0.4 is 27.7 Å². The van der Waals surface area contributed by atoms with Crippen LogP contribution in [0.2, 0.25) is 0 Å². The van der Waals surface area contributed by atoms with E-state index in [1.165, 1.54) is 6.20 Å². The fourth-order valence-electron chi connectivity index (χ4n) is 2.95. The molecule has 2 heterocycles. The number of aromatic nitrogens is 4. The minimum Gasteiger partial charge on any atom is -0.480 e. The summed E-state index contributed by atoms with van der Waals surface area (Å²) >= 11 is 4.11. The zero-order valence-electron chi connectivity index (χ0n) is 18.6. The van der Waals surface area contributed by atoms with E-state index in [0.717, 1.165) is 6.42 Å². The number of thiol groups is 1. The van der Waals surface area contributed by atoms with Gasteiger partial charge in [-0.2, -0.15) is 17.6 Å². The zero-order chi connectivity index (χ0) is 25.8. The first-order chi connectivity index (χ1) is 16.8. The maximum Gasteiger partial charge on any atom is 0.326 e. The van der Waals surface area contributed by atoms with Crippen LogP contribution in [0, 0.1) is 0 Å². The molecule has 0 bridgehead atoms. The Bertz CT molecular complexity index is 1220. The molecule has 0 spiro atoms.